The highest BCUT2D eigenvalue weighted by molar-refractivity contribution is 14.1. The molecule has 6 aromatic heterocycles. The SMILES string of the molecule is CC(C)(C)OC(=O)N1CC[C@@H](Oc2ccc(-c3ccnc4c3cc(-c3ccc(N5CCOCC5)cc3)n4S(=O)(=O)c3ccccc3)cc2C#N)C1.O=S(=O)(c1ccccc1)n1c(-c2ccc(N3CCOCC3)cc2)cc2c(Br)ccnc21.O=S(=O)(c1ccccc1)n1c(I)cc2c(Br)ccnc21. The van der Waals surface area contributed by atoms with E-state index in [1.54, 1.807) is 139 Å². The van der Waals surface area contributed by atoms with E-state index in [2.05, 4.69) is 62.7 Å². The van der Waals surface area contributed by atoms with Crippen molar-refractivity contribution in [3.8, 4) is 45.5 Å². The topological polar surface area (TPSA) is 243 Å². The number of anilines is 2. The summed E-state index contributed by atoms with van der Waals surface area (Å²) in [6.45, 7) is 12.3. The highest BCUT2D eigenvalue weighted by Crippen LogP contribution is 2.40. The van der Waals surface area contributed by atoms with E-state index in [9.17, 15) is 35.3 Å². The molecule has 9 heterocycles. The second-order valence-electron chi connectivity index (χ2n) is 25.0. The Morgan fingerprint density at radius 3 is 1.42 bits per heavy atom. The summed E-state index contributed by atoms with van der Waals surface area (Å²) in [5.74, 6) is 0.410. The molecule has 3 aliphatic rings. The number of hydrogen-bond acceptors (Lipinski definition) is 17. The van der Waals surface area contributed by atoms with Gasteiger partial charge in [0, 0.05) is 94.2 Å². The second kappa shape index (κ2) is 30.1. The molecule has 0 radical (unpaired) electrons. The average Bonchev–Trinajstić information content (AvgIpc) is 1.59. The Balaban J connectivity index is 0.000000153. The lowest BCUT2D eigenvalue weighted by molar-refractivity contribution is 0.0275. The van der Waals surface area contributed by atoms with Crippen molar-refractivity contribution in [2.75, 3.05) is 75.5 Å². The van der Waals surface area contributed by atoms with Gasteiger partial charge in [0.15, 0.2) is 16.9 Å². The van der Waals surface area contributed by atoms with Crippen LogP contribution in [0.1, 0.15) is 32.8 Å². The molecule has 0 unspecified atom stereocenters. The number of rotatable bonds is 13. The van der Waals surface area contributed by atoms with Crippen LogP contribution >= 0.6 is 54.5 Å². The van der Waals surface area contributed by atoms with Crippen LogP contribution in [0.4, 0.5) is 16.2 Å². The van der Waals surface area contributed by atoms with Crippen LogP contribution in [0.2, 0.25) is 0 Å². The summed E-state index contributed by atoms with van der Waals surface area (Å²) in [5.41, 5.74) is 6.94. The molecule has 3 saturated heterocycles. The highest BCUT2D eigenvalue weighted by atomic mass is 127. The molecule has 522 valence electrons. The van der Waals surface area contributed by atoms with E-state index in [-0.39, 0.29) is 32.5 Å². The third kappa shape index (κ3) is 15.0. The molecular weight excluding hydrogens is 1600 g/mol. The molecule has 0 aliphatic carbocycles. The van der Waals surface area contributed by atoms with E-state index in [0.717, 1.165) is 62.8 Å². The van der Waals surface area contributed by atoms with Gasteiger partial charge in [-0.15, -0.1) is 0 Å². The second-order valence-corrected chi connectivity index (χ2v) is 33.2. The predicted octanol–water partition coefficient (Wildman–Crippen LogP) is 14.9. The first-order chi connectivity index (χ1) is 49.1. The molecule has 21 nitrogen and oxygen atoms in total. The Labute approximate surface area is 621 Å². The molecule has 1 amide bonds. The minimum absolute atomic E-state index is 0.145. The van der Waals surface area contributed by atoms with Crippen molar-refractivity contribution in [1.29, 1.82) is 5.26 Å². The maximum absolute atomic E-state index is 14.3. The Morgan fingerprint density at radius 1 is 0.529 bits per heavy atom. The summed E-state index contributed by atoms with van der Waals surface area (Å²) in [4.78, 5) is 32.5. The number of aromatic nitrogens is 6. The van der Waals surface area contributed by atoms with Crippen molar-refractivity contribution in [1.82, 2.24) is 31.8 Å². The zero-order chi connectivity index (χ0) is 71.5. The number of amides is 1. The number of hydrogen-bond donors (Lipinski definition) is 0. The molecular formula is C75H67Br2IN10O11S3. The number of benzene rings is 6. The van der Waals surface area contributed by atoms with E-state index in [4.69, 9.17) is 18.9 Å². The average molecular weight is 1670 g/mol. The first-order valence-corrected chi connectivity index (χ1v) is 39.5. The standard InChI is InChI=1S/C39H39N5O6S.C23H20BrN3O3S.C13H8BrIN2O2S/c1-39(2,3)50-38(45)43-18-16-31(26-43)49-36-14-11-28(23-29(36)25-40)33-15-17-41-37-34(33)24-35(44(37)51(46,47)32-7-5-4-6-8-32)27-9-12-30(13-10-27)42-19-21-48-22-20-42;24-21-10-11-25-23-20(21)16-22(27(23)31(28,29)19-4-2-1-3-5-19)17-6-8-18(9-7-17)26-12-14-30-15-13-26;14-11-6-7-16-13-10(11)8-12(15)17(13)20(18,19)9-4-2-1-3-5-9/h4-15,17,23-24,31H,16,18-22,26H2,1-3H3;1-11,16H,12-15H2;1-8H/t31-;;/m1../s1. The van der Waals surface area contributed by atoms with Gasteiger partial charge in [0.05, 0.1) is 68.3 Å². The minimum atomic E-state index is -4.07. The lowest BCUT2D eigenvalue weighted by atomic mass is 10.0. The number of nitrogens with zero attached hydrogens (tertiary/aromatic N) is 10. The van der Waals surface area contributed by atoms with Gasteiger partial charge in [-0.25, -0.2) is 56.9 Å². The predicted molar refractivity (Wildman–Crippen MR) is 408 cm³/mol. The van der Waals surface area contributed by atoms with Crippen LogP contribution in [-0.4, -0.2) is 141 Å². The Hall–Kier alpha value is -8.99. The van der Waals surface area contributed by atoms with Crippen LogP contribution in [-0.2, 0) is 44.3 Å². The van der Waals surface area contributed by atoms with Gasteiger partial charge in [0.2, 0.25) is 0 Å². The summed E-state index contributed by atoms with van der Waals surface area (Å²) in [7, 11) is -11.6. The van der Waals surface area contributed by atoms with Gasteiger partial charge in [-0.3, -0.25) is 0 Å². The van der Waals surface area contributed by atoms with Crippen molar-refractivity contribution >= 4 is 135 Å². The third-order valence-electron chi connectivity index (χ3n) is 17.3. The molecule has 6 aromatic carbocycles. The van der Waals surface area contributed by atoms with E-state index in [1.807, 2.05) is 122 Å². The molecule has 0 N–H and O–H groups in total. The molecule has 102 heavy (non-hydrogen) atoms. The zero-order valence-electron chi connectivity index (χ0n) is 55.4. The number of halogens is 3. The van der Waals surface area contributed by atoms with Crippen LogP contribution in [0.15, 0.2) is 236 Å². The largest absolute Gasteiger partial charge is 0.487 e. The molecule has 3 aliphatic heterocycles. The van der Waals surface area contributed by atoms with Crippen LogP contribution in [0.25, 0.3) is 66.7 Å². The number of carbonyl (C=O) groups excluding carboxylic acids is 1. The summed E-state index contributed by atoms with van der Waals surface area (Å²) >= 11 is 8.96. The lowest BCUT2D eigenvalue weighted by Crippen LogP contribution is -2.36. The Morgan fingerprint density at radius 2 is 0.951 bits per heavy atom. The fourth-order valence-electron chi connectivity index (χ4n) is 12.3. The minimum Gasteiger partial charge on any atom is -0.487 e. The highest BCUT2D eigenvalue weighted by Gasteiger charge is 2.33. The van der Waals surface area contributed by atoms with E-state index in [1.165, 1.54) is 11.9 Å². The molecule has 0 bridgehead atoms. The van der Waals surface area contributed by atoms with Crippen molar-refractivity contribution in [2.45, 2.75) is 53.6 Å². The first-order valence-electron chi connectivity index (χ1n) is 32.5. The number of ether oxygens (including phenoxy) is 4. The van der Waals surface area contributed by atoms with E-state index >= 15 is 0 Å². The number of likely N-dealkylation sites (tertiary alicyclic amines) is 1. The van der Waals surface area contributed by atoms with E-state index in [0.29, 0.717) is 106 Å². The van der Waals surface area contributed by atoms with Crippen LogP contribution in [0, 0.1) is 15.0 Å². The summed E-state index contributed by atoms with van der Waals surface area (Å²) in [6.07, 6.45) is 4.70. The van der Waals surface area contributed by atoms with Crippen molar-refractivity contribution in [3.63, 3.8) is 0 Å². The number of carbonyl (C=O) groups is 1. The Bertz CT molecular complexity index is 5480. The molecule has 1 atom stereocenters. The van der Waals surface area contributed by atoms with Gasteiger partial charge in [0.1, 0.15) is 23.5 Å². The molecule has 12 aromatic rings. The molecule has 15 rings (SSSR count). The summed E-state index contributed by atoms with van der Waals surface area (Å²) in [6, 6.07) is 59.5. The van der Waals surface area contributed by atoms with Gasteiger partial charge >= 0.3 is 6.09 Å². The molecule has 3 fully saturated rings. The van der Waals surface area contributed by atoms with Gasteiger partial charge < -0.3 is 33.6 Å². The summed E-state index contributed by atoms with van der Waals surface area (Å²) in [5, 5.41) is 12.3. The molecule has 27 heteroatoms. The van der Waals surface area contributed by atoms with Crippen molar-refractivity contribution in [2.24, 2.45) is 0 Å². The number of pyridine rings is 3. The van der Waals surface area contributed by atoms with Gasteiger partial charge in [-0.05, 0) is 207 Å². The van der Waals surface area contributed by atoms with Crippen LogP contribution in [0.5, 0.6) is 5.75 Å². The zero-order valence-corrected chi connectivity index (χ0v) is 63.2. The monoisotopic (exact) mass is 1660 g/mol. The first kappa shape index (κ1) is 71.4. The maximum Gasteiger partial charge on any atom is 0.410 e. The van der Waals surface area contributed by atoms with Crippen molar-refractivity contribution in [3.05, 3.63) is 231 Å². The Kier molecular flexibility index (Phi) is 21.1. The smallest absolute Gasteiger partial charge is 0.410 e. The number of nitriles is 1. The summed E-state index contributed by atoms with van der Waals surface area (Å²) < 4.78 is 110. The van der Waals surface area contributed by atoms with Gasteiger partial charge in [0.25, 0.3) is 30.1 Å². The fraction of sp³-hybridized carbons (Fsp3) is 0.213. The maximum atomic E-state index is 14.3. The lowest BCUT2D eigenvalue weighted by Gasteiger charge is -2.28. The number of fused-ring (bicyclic) bond motifs is 3. The van der Waals surface area contributed by atoms with E-state index < -0.39 is 35.7 Å². The number of morpholine rings is 2. The molecule has 0 spiro atoms. The van der Waals surface area contributed by atoms with Crippen molar-refractivity contribution < 1.29 is 49.0 Å². The fourth-order valence-corrected chi connectivity index (χ4v) is 18.8. The quantitative estimate of drug-likeness (QED) is 0.0974. The van der Waals surface area contributed by atoms with Crippen LogP contribution < -0.4 is 14.5 Å². The van der Waals surface area contributed by atoms with Gasteiger partial charge in [-0.1, -0.05) is 84.9 Å². The third-order valence-corrected chi connectivity index (χ3v) is 24.9. The van der Waals surface area contributed by atoms with Crippen LogP contribution in [0.3, 0.4) is 0 Å². The normalized spacial score (nSPS) is 15.1. The van der Waals surface area contributed by atoms with Gasteiger partial charge in [-0.2, -0.15) is 5.26 Å². The molecule has 0 saturated carbocycles.